The van der Waals surface area contributed by atoms with E-state index in [1.165, 1.54) is 18.2 Å². The summed E-state index contributed by atoms with van der Waals surface area (Å²) < 4.78 is 43.1. The van der Waals surface area contributed by atoms with Crippen LogP contribution in [-0.2, 0) is 15.8 Å². The van der Waals surface area contributed by atoms with Gasteiger partial charge in [0, 0.05) is 6.07 Å². The quantitative estimate of drug-likeness (QED) is 0.846. The summed E-state index contributed by atoms with van der Waals surface area (Å²) in [6.45, 7) is 1.61. The lowest BCUT2D eigenvalue weighted by atomic mass is 10.1. The summed E-state index contributed by atoms with van der Waals surface area (Å²) >= 11 is 0. The Balaban J connectivity index is 1.99. The van der Waals surface area contributed by atoms with Gasteiger partial charge in [0.1, 0.15) is 12.2 Å². The molecule has 2 N–H and O–H groups in total. The molecule has 0 bridgehead atoms. The van der Waals surface area contributed by atoms with Gasteiger partial charge in [-0.25, -0.2) is 0 Å². The van der Waals surface area contributed by atoms with E-state index in [1.54, 1.807) is 6.92 Å². The van der Waals surface area contributed by atoms with E-state index in [0.717, 1.165) is 12.1 Å². The van der Waals surface area contributed by atoms with Crippen molar-refractivity contribution in [3.63, 3.8) is 0 Å². The Morgan fingerprint density at radius 3 is 2.43 bits per heavy atom. The number of nitrogens with one attached hydrogen (secondary N) is 2. The Hall–Kier alpha value is -2.84. The molecule has 1 aromatic heterocycles. The van der Waals surface area contributed by atoms with Crippen molar-refractivity contribution in [2.75, 3.05) is 10.6 Å². The second-order valence-electron chi connectivity index (χ2n) is 4.64. The molecule has 2 aromatic rings. The zero-order valence-electron chi connectivity index (χ0n) is 11.9. The van der Waals surface area contributed by atoms with Crippen molar-refractivity contribution in [2.45, 2.75) is 19.5 Å². The average Bonchev–Trinajstić information content (AvgIpc) is 2.83. The topological polar surface area (TPSA) is 84.2 Å². The SMILES string of the molecule is Cc1cc(NC(=O)CC(=O)Nc2ccccc2C(F)(F)F)no1. The first kappa shape index (κ1) is 16.5. The summed E-state index contributed by atoms with van der Waals surface area (Å²) in [4.78, 5) is 23.3. The van der Waals surface area contributed by atoms with Gasteiger partial charge >= 0.3 is 6.18 Å². The number of hydrogen-bond acceptors (Lipinski definition) is 4. The van der Waals surface area contributed by atoms with Crippen LogP contribution in [0, 0.1) is 6.92 Å². The van der Waals surface area contributed by atoms with Crippen molar-refractivity contribution in [2.24, 2.45) is 0 Å². The standard InChI is InChI=1S/C14H12F3N3O3/c1-8-6-11(20-23-8)19-13(22)7-12(21)18-10-5-3-2-4-9(10)14(15,16)17/h2-6H,7H2,1H3,(H,18,21)(H,19,20,22). The third-order valence-electron chi connectivity index (χ3n) is 2.72. The van der Waals surface area contributed by atoms with Crippen LogP contribution in [0.15, 0.2) is 34.9 Å². The van der Waals surface area contributed by atoms with Gasteiger partial charge in [0.25, 0.3) is 0 Å². The number of aryl methyl sites for hydroxylation is 1. The molecule has 0 atom stereocenters. The van der Waals surface area contributed by atoms with E-state index < -0.39 is 35.7 Å². The summed E-state index contributed by atoms with van der Waals surface area (Å²) in [6.07, 6.45) is -5.26. The first-order valence-corrected chi connectivity index (χ1v) is 6.45. The van der Waals surface area contributed by atoms with Gasteiger partial charge < -0.3 is 15.2 Å². The van der Waals surface area contributed by atoms with Crippen LogP contribution in [0.4, 0.5) is 24.7 Å². The number of alkyl halides is 3. The lowest BCUT2D eigenvalue weighted by Crippen LogP contribution is -2.23. The van der Waals surface area contributed by atoms with Gasteiger partial charge in [-0.2, -0.15) is 13.2 Å². The van der Waals surface area contributed by atoms with Crippen molar-refractivity contribution in [3.8, 4) is 0 Å². The number of halogens is 3. The predicted molar refractivity (Wildman–Crippen MR) is 74.6 cm³/mol. The van der Waals surface area contributed by atoms with E-state index >= 15 is 0 Å². The van der Waals surface area contributed by atoms with E-state index in [2.05, 4.69) is 15.8 Å². The summed E-state index contributed by atoms with van der Waals surface area (Å²) in [5.74, 6) is -1.01. The van der Waals surface area contributed by atoms with Crippen LogP contribution in [0.1, 0.15) is 17.7 Å². The smallest absolute Gasteiger partial charge is 0.360 e. The number of carbonyl (C=O) groups is 2. The maximum absolute atomic E-state index is 12.8. The van der Waals surface area contributed by atoms with E-state index in [1.807, 2.05) is 0 Å². The molecular formula is C14H12F3N3O3. The van der Waals surface area contributed by atoms with Crippen molar-refractivity contribution in [3.05, 3.63) is 41.7 Å². The van der Waals surface area contributed by atoms with Gasteiger partial charge in [-0.05, 0) is 19.1 Å². The molecule has 2 amide bonds. The van der Waals surface area contributed by atoms with Gasteiger partial charge in [-0.15, -0.1) is 0 Å². The van der Waals surface area contributed by atoms with E-state index in [9.17, 15) is 22.8 Å². The third kappa shape index (κ3) is 4.56. The average molecular weight is 327 g/mol. The van der Waals surface area contributed by atoms with Crippen LogP contribution >= 0.6 is 0 Å². The maximum atomic E-state index is 12.8. The summed E-state index contributed by atoms with van der Waals surface area (Å²) in [6, 6.07) is 5.95. The minimum absolute atomic E-state index is 0.121. The van der Waals surface area contributed by atoms with Crippen LogP contribution in [0.25, 0.3) is 0 Å². The molecule has 0 unspecified atom stereocenters. The van der Waals surface area contributed by atoms with Crippen LogP contribution < -0.4 is 10.6 Å². The van der Waals surface area contributed by atoms with Gasteiger partial charge in [0.15, 0.2) is 5.82 Å². The minimum Gasteiger partial charge on any atom is -0.360 e. The maximum Gasteiger partial charge on any atom is 0.418 e. The monoisotopic (exact) mass is 327 g/mol. The second-order valence-corrected chi connectivity index (χ2v) is 4.64. The fraction of sp³-hybridized carbons (Fsp3) is 0.214. The number of carbonyl (C=O) groups excluding carboxylic acids is 2. The number of para-hydroxylation sites is 1. The molecule has 0 aliphatic rings. The van der Waals surface area contributed by atoms with Crippen molar-refractivity contribution < 1.29 is 27.3 Å². The van der Waals surface area contributed by atoms with Gasteiger partial charge in [-0.3, -0.25) is 9.59 Å². The Kier molecular flexibility index (Phi) is 4.68. The first-order chi connectivity index (χ1) is 10.8. The van der Waals surface area contributed by atoms with Crippen molar-refractivity contribution in [1.29, 1.82) is 0 Å². The molecule has 0 fully saturated rings. The van der Waals surface area contributed by atoms with Crippen molar-refractivity contribution >= 4 is 23.3 Å². The first-order valence-electron chi connectivity index (χ1n) is 6.45. The molecule has 0 spiro atoms. The molecule has 1 heterocycles. The number of aromatic nitrogens is 1. The molecule has 0 saturated carbocycles. The highest BCUT2D eigenvalue weighted by molar-refractivity contribution is 6.08. The van der Waals surface area contributed by atoms with Crippen molar-refractivity contribution in [1.82, 2.24) is 5.16 Å². The number of benzene rings is 1. The lowest BCUT2D eigenvalue weighted by molar-refractivity contribution is -0.137. The molecule has 1 aromatic carbocycles. The van der Waals surface area contributed by atoms with E-state index in [-0.39, 0.29) is 5.82 Å². The lowest BCUT2D eigenvalue weighted by Gasteiger charge is -2.13. The fourth-order valence-corrected chi connectivity index (χ4v) is 1.79. The number of amides is 2. The molecule has 6 nitrogen and oxygen atoms in total. The number of anilines is 2. The number of hydrogen-bond donors (Lipinski definition) is 2. The Bertz CT molecular complexity index is 725. The van der Waals surface area contributed by atoms with Crippen LogP contribution in [0.5, 0.6) is 0 Å². The van der Waals surface area contributed by atoms with Gasteiger partial charge in [0.2, 0.25) is 11.8 Å². The third-order valence-corrected chi connectivity index (χ3v) is 2.72. The minimum atomic E-state index is -4.61. The van der Waals surface area contributed by atoms with Crippen LogP contribution in [-0.4, -0.2) is 17.0 Å². The molecule has 23 heavy (non-hydrogen) atoms. The Morgan fingerprint density at radius 1 is 1.17 bits per heavy atom. The molecule has 9 heteroatoms. The molecule has 0 radical (unpaired) electrons. The summed E-state index contributed by atoms with van der Waals surface area (Å²) in [5.41, 5.74) is -1.39. The normalized spacial score (nSPS) is 11.1. The number of nitrogens with zero attached hydrogens (tertiary/aromatic N) is 1. The molecule has 0 saturated heterocycles. The van der Waals surface area contributed by atoms with Crippen LogP contribution in [0.2, 0.25) is 0 Å². The highest BCUT2D eigenvalue weighted by Crippen LogP contribution is 2.34. The molecule has 0 aliphatic heterocycles. The highest BCUT2D eigenvalue weighted by atomic mass is 19.4. The highest BCUT2D eigenvalue weighted by Gasteiger charge is 2.33. The van der Waals surface area contributed by atoms with E-state index in [4.69, 9.17) is 4.52 Å². The second kappa shape index (κ2) is 6.51. The molecule has 2 rings (SSSR count). The van der Waals surface area contributed by atoms with Crippen LogP contribution in [0.3, 0.4) is 0 Å². The van der Waals surface area contributed by atoms with Gasteiger partial charge in [-0.1, -0.05) is 17.3 Å². The van der Waals surface area contributed by atoms with Gasteiger partial charge in [0.05, 0.1) is 11.3 Å². The molecular weight excluding hydrogens is 315 g/mol. The summed E-state index contributed by atoms with van der Waals surface area (Å²) in [5, 5.41) is 7.88. The fourth-order valence-electron chi connectivity index (χ4n) is 1.79. The Labute approximate surface area is 128 Å². The van der Waals surface area contributed by atoms with E-state index in [0.29, 0.717) is 5.76 Å². The summed E-state index contributed by atoms with van der Waals surface area (Å²) in [7, 11) is 0. The zero-order chi connectivity index (χ0) is 17.0. The predicted octanol–water partition coefficient (Wildman–Crippen LogP) is 2.97. The molecule has 0 aliphatic carbocycles. The largest absolute Gasteiger partial charge is 0.418 e. The zero-order valence-corrected chi connectivity index (χ0v) is 11.9. The number of rotatable bonds is 4. The molecule has 122 valence electrons. The Morgan fingerprint density at radius 2 is 1.83 bits per heavy atom.